The average Bonchev–Trinajstić information content (AvgIpc) is 3.00. The van der Waals surface area contributed by atoms with E-state index in [0.717, 1.165) is 24.6 Å². The largest absolute Gasteiger partial charge is 0.315 e. The normalized spacial score (nSPS) is 20.4. The van der Waals surface area contributed by atoms with Gasteiger partial charge in [0.05, 0.1) is 5.69 Å². The topological polar surface area (TPSA) is 32.6 Å². The first-order valence-electron chi connectivity index (χ1n) is 7.22. The number of rotatable bonds is 5. The van der Waals surface area contributed by atoms with Gasteiger partial charge in [0.15, 0.2) is 4.96 Å². The standard InChI is InChI=1S/C14H22N4S/c1-2-6-17(13-4-3-5-15-9-13)10-12-11-18-7-8-19-14(18)16-12/h7-8,11,13,15H,2-6,9-10H2,1H3. The summed E-state index contributed by atoms with van der Waals surface area (Å²) in [6.45, 7) is 6.71. The first kappa shape index (κ1) is 13.1. The second-order valence-electron chi connectivity index (χ2n) is 5.30. The van der Waals surface area contributed by atoms with Gasteiger partial charge in [-0.25, -0.2) is 4.98 Å². The van der Waals surface area contributed by atoms with Crippen LogP contribution in [0.15, 0.2) is 17.8 Å². The fourth-order valence-electron chi connectivity index (χ4n) is 2.88. The van der Waals surface area contributed by atoms with Gasteiger partial charge in [0.2, 0.25) is 0 Å². The van der Waals surface area contributed by atoms with E-state index in [-0.39, 0.29) is 0 Å². The van der Waals surface area contributed by atoms with Gasteiger partial charge < -0.3 is 5.32 Å². The van der Waals surface area contributed by atoms with Gasteiger partial charge in [0.25, 0.3) is 0 Å². The Hall–Kier alpha value is -0.910. The van der Waals surface area contributed by atoms with Gasteiger partial charge in [0, 0.05) is 36.9 Å². The predicted molar refractivity (Wildman–Crippen MR) is 79.7 cm³/mol. The minimum absolute atomic E-state index is 0.674. The van der Waals surface area contributed by atoms with Crippen LogP contribution in [0.5, 0.6) is 0 Å². The number of fused-ring (bicyclic) bond motifs is 1. The maximum Gasteiger partial charge on any atom is 0.193 e. The molecule has 5 heteroatoms. The van der Waals surface area contributed by atoms with E-state index in [1.54, 1.807) is 11.3 Å². The second kappa shape index (κ2) is 6.03. The van der Waals surface area contributed by atoms with Crippen molar-refractivity contribution in [1.82, 2.24) is 19.6 Å². The number of thiazole rings is 1. The molecule has 4 nitrogen and oxygen atoms in total. The third-order valence-corrected chi connectivity index (χ3v) is 4.58. The molecule has 3 heterocycles. The van der Waals surface area contributed by atoms with Crippen molar-refractivity contribution in [3.8, 4) is 0 Å². The molecule has 2 aromatic heterocycles. The SMILES string of the molecule is CCCN(Cc1cn2ccsc2n1)C1CCCNC1. The number of nitrogens with zero attached hydrogens (tertiary/aromatic N) is 3. The summed E-state index contributed by atoms with van der Waals surface area (Å²) < 4.78 is 2.13. The number of nitrogens with one attached hydrogen (secondary N) is 1. The average molecular weight is 278 g/mol. The van der Waals surface area contributed by atoms with Crippen molar-refractivity contribution in [2.75, 3.05) is 19.6 Å². The molecule has 0 amide bonds. The van der Waals surface area contributed by atoms with Crippen LogP contribution in [0, 0.1) is 0 Å². The lowest BCUT2D eigenvalue weighted by Gasteiger charge is -2.34. The Morgan fingerprint density at radius 1 is 1.58 bits per heavy atom. The Bertz CT molecular complexity index is 484. The fraction of sp³-hybridized carbons (Fsp3) is 0.643. The van der Waals surface area contributed by atoms with Crippen molar-refractivity contribution < 1.29 is 0 Å². The summed E-state index contributed by atoms with van der Waals surface area (Å²) in [5, 5.41) is 5.60. The minimum atomic E-state index is 0.674. The van der Waals surface area contributed by atoms with Gasteiger partial charge in [-0.15, -0.1) is 11.3 Å². The van der Waals surface area contributed by atoms with Gasteiger partial charge in [-0.3, -0.25) is 9.30 Å². The third-order valence-electron chi connectivity index (χ3n) is 3.81. The number of piperidine rings is 1. The Kier molecular flexibility index (Phi) is 4.15. The van der Waals surface area contributed by atoms with E-state index in [0.29, 0.717) is 6.04 Å². The maximum absolute atomic E-state index is 4.71. The van der Waals surface area contributed by atoms with Crippen LogP contribution in [0.2, 0.25) is 0 Å². The van der Waals surface area contributed by atoms with Crippen molar-refractivity contribution in [2.45, 2.75) is 38.8 Å². The molecule has 1 unspecified atom stereocenters. The molecule has 1 fully saturated rings. The number of hydrogen-bond donors (Lipinski definition) is 1. The lowest BCUT2D eigenvalue weighted by atomic mass is 10.1. The fourth-order valence-corrected chi connectivity index (χ4v) is 3.60. The summed E-state index contributed by atoms with van der Waals surface area (Å²) in [5.41, 5.74) is 1.20. The van der Waals surface area contributed by atoms with Crippen molar-refractivity contribution >= 4 is 16.3 Å². The highest BCUT2D eigenvalue weighted by atomic mass is 32.1. The van der Waals surface area contributed by atoms with Crippen molar-refractivity contribution in [3.05, 3.63) is 23.5 Å². The number of hydrogen-bond acceptors (Lipinski definition) is 4. The second-order valence-corrected chi connectivity index (χ2v) is 6.17. The van der Waals surface area contributed by atoms with E-state index in [1.165, 1.54) is 31.5 Å². The molecule has 0 aromatic carbocycles. The van der Waals surface area contributed by atoms with Crippen LogP contribution in [-0.4, -0.2) is 40.0 Å². The zero-order chi connectivity index (χ0) is 13.1. The summed E-state index contributed by atoms with van der Waals surface area (Å²) in [5.74, 6) is 0. The van der Waals surface area contributed by atoms with Crippen LogP contribution in [0.3, 0.4) is 0 Å². The van der Waals surface area contributed by atoms with Crippen LogP contribution in [0.25, 0.3) is 4.96 Å². The molecule has 1 aliphatic heterocycles. The molecular formula is C14H22N4S. The van der Waals surface area contributed by atoms with Crippen molar-refractivity contribution in [3.63, 3.8) is 0 Å². The molecule has 1 saturated heterocycles. The van der Waals surface area contributed by atoms with E-state index in [1.807, 2.05) is 0 Å². The third kappa shape index (κ3) is 2.99. The Labute approximate surface area is 118 Å². The lowest BCUT2D eigenvalue weighted by molar-refractivity contribution is 0.156. The molecule has 0 saturated carbocycles. The van der Waals surface area contributed by atoms with Crippen LogP contribution in [-0.2, 0) is 6.54 Å². The highest BCUT2D eigenvalue weighted by Gasteiger charge is 2.21. The molecule has 1 atom stereocenters. The first-order valence-corrected chi connectivity index (χ1v) is 8.10. The summed E-state index contributed by atoms with van der Waals surface area (Å²) in [4.78, 5) is 8.41. The Morgan fingerprint density at radius 3 is 3.26 bits per heavy atom. The molecule has 0 bridgehead atoms. The van der Waals surface area contributed by atoms with Crippen molar-refractivity contribution in [1.29, 1.82) is 0 Å². The predicted octanol–water partition coefficient (Wildman–Crippen LogP) is 2.36. The van der Waals surface area contributed by atoms with E-state index in [4.69, 9.17) is 4.98 Å². The molecule has 1 aliphatic rings. The molecule has 0 aliphatic carbocycles. The Morgan fingerprint density at radius 2 is 2.53 bits per heavy atom. The summed E-state index contributed by atoms with van der Waals surface area (Å²) in [6, 6.07) is 0.674. The van der Waals surface area contributed by atoms with Gasteiger partial charge >= 0.3 is 0 Å². The quantitative estimate of drug-likeness (QED) is 0.911. The van der Waals surface area contributed by atoms with Crippen LogP contribution in [0.1, 0.15) is 31.9 Å². The zero-order valence-corrected chi connectivity index (χ0v) is 12.3. The van der Waals surface area contributed by atoms with Gasteiger partial charge in [-0.1, -0.05) is 6.92 Å². The molecular weight excluding hydrogens is 256 g/mol. The highest BCUT2D eigenvalue weighted by Crippen LogP contribution is 2.17. The van der Waals surface area contributed by atoms with E-state index in [9.17, 15) is 0 Å². The van der Waals surface area contributed by atoms with E-state index in [2.05, 4.69) is 39.3 Å². The molecule has 104 valence electrons. The molecule has 3 rings (SSSR count). The monoisotopic (exact) mass is 278 g/mol. The highest BCUT2D eigenvalue weighted by molar-refractivity contribution is 7.15. The lowest BCUT2D eigenvalue weighted by Crippen LogP contribution is -2.45. The smallest absolute Gasteiger partial charge is 0.193 e. The summed E-state index contributed by atoms with van der Waals surface area (Å²) in [7, 11) is 0. The number of imidazole rings is 1. The molecule has 1 N–H and O–H groups in total. The van der Waals surface area contributed by atoms with Crippen LogP contribution in [0.4, 0.5) is 0 Å². The zero-order valence-electron chi connectivity index (χ0n) is 11.5. The molecule has 0 radical (unpaired) electrons. The molecule has 19 heavy (non-hydrogen) atoms. The van der Waals surface area contributed by atoms with Crippen LogP contribution >= 0.6 is 11.3 Å². The minimum Gasteiger partial charge on any atom is -0.315 e. The molecule has 0 spiro atoms. The molecule has 2 aromatic rings. The van der Waals surface area contributed by atoms with Crippen LogP contribution < -0.4 is 5.32 Å². The van der Waals surface area contributed by atoms with Gasteiger partial charge in [-0.2, -0.15) is 0 Å². The maximum atomic E-state index is 4.71. The van der Waals surface area contributed by atoms with E-state index < -0.39 is 0 Å². The Balaban J connectivity index is 1.70. The first-order chi connectivity index (χ1) is 9.36. The number of aromatic nitrogens is 2. The summed E-state index contributed by atoms with van der Waals surface area (Å²) >= 11 is 1.71. The van der Waals surface area contributed by atoms with Gasteiger partial charge in [-0.05, 0) is 32.4 Å². The van der Waals surface area contributed by atoms with Gasteiger partial charge in [0.1, 0.15) is 0 Å². The summed E-state index contributed by atoms with van der Waals surface area (Å²) in [6.07, 6.45) is 8.07. The van der Waals surface area contributed by atoms with Crippen molar-refractivity contribution in [2.24, 2.45) is 0 Å². The van der Waals surface area contributed by atoms with E-state index >= 15 is 0 Å².